The zero-order valence-electron chi connectivity index (χ0n) is 15.7. The monoisotopic (exact) mass is 404 g/mol. The third kappa shape index (κ3) is 5.99. The van der Waals surface area contributed by atoms with Crippen LogP contribution in [0, 0.1) is 6.92 Å². The van der Waals surface area contributed by atoms with Gasteiger partial charge < -0.3 is 20.1 Å². The fraction of sp³-hybridized carbons (Fsp3) is 0.250. The minimum atomic E-state index is -0.809. The molecular formula is C20H21ClN2O5. The molecule has 2 amide bonds. The Morgan fingerprint density at radius 2 is 1.89 bits per heavy atom. The van der Waals surface area contributed by atoms with Crippen molar-refractivity contribution in [2.45, 2.75) is 20.0 Å². The molecule has 148 valence electrons. The Kier molecular flexibility index (Phi) is 7.40. The average Bonchev–Trinajstić information content (AvgIpc) is 2.68. The molecule has 0 fully saturated rings. The molecule has 28 heavy (non-hydrogen) atoms. The van der Waals surface area contributed by atoms with Crippen molar-refractivity contribution >= 4 is 35.1 Å². The number of anilines is 1. The van der Waals surface area contributed by atoms with Gasteiger partial charge in [-0.15, -0.1) is 0 Å². The molecule has 1 unspecified atom stereocenters. The van der Waals surface area contributed by atoms with Gasteiger partial charge in [0.15, 0.2) is 6.10 Å². The summed E-state index contributed by atoms with van der Waals surface area (Å²) in [6.45, 7) is 3.25. The molecule has 0 saturated heterocycles. The Balaban J connectivity index is 2.00. The van der Waals surface area contributed by atoms with Crippen LogP contribution >= 0.6 is 11.6 Å². The van der Waals surface area contributed by atoms with Gasteiger partial charge in [-0.25, -0.2) is 0 Å². The predicted octanol–water partition coefficient (Wildman–Crippen LogP) is 2.96. The van der Waals surface area contributed by atoms with Crippen molar-refractivity contribution in [2.75, 3.05) is 19.0 Å². The molecule has 2 aromatic rings. The van der Waals surface area contributed by atoms with Crippen LogP contribution in [0.4, 0.5) is 5.69 Å². The first-order valence-corrected chi connectivity index (χ1v) is 8.86. The number of benzene rings is 2. The number of amides is 2. The van der Waals surface area contributed by atoms with Crippen LogP contribution in [0.3, 0.4) is 0 Å². The van der Waals surface area contributed by atoms with E-state index >= 15 is 0 Å². The normalized spacial score (nSPS) is 11.3. The average molecular weight is 405 g/mol. The van der Waals surface area contributed by atoms with Crippen LogP contribution in [0.15, 0.2) is 42.5 Å². The summed E-state index contributed by atoms with van der Waals surface area (Å²) in [5.41, 5.74) is 1.66. The van der Waals surface area contributed by atoms with Gasteiger partial charge in [0.1, 0.15) is 12.3 Å². The van der Waals surface area contributed by atoms with E-state index in [2.05, 4.69) is 15.4 Å². The molecule has 1 atom stereocenters. The van der Waals surface area contributed by atoms with E-state index in [1.807, 2.05) is 13.0 Å². The fourth-order valence-corrected chi connectivity index (χ4v) is 2.42. The van der Waals surface area contributed by atoms with Gasteiger partial charge in [-0.1, -0.05) is 23.7 Å². The summed E-state index contributed by atoms with van der Waals surface area (Å²) in [7, 11) is 1.23. The van der Waals surface area contributed by atoms with Crippen LogP contribution < -0.4 is 15.4 Å². The number of carbonyl (C=O) groups excluding carboxylic acids is 3. The van der Waals surface area contributed by atoms with E-state index < -0.39 is 23.9 Å². The zero-order valence-corrected chi connectivity index (χ0v) is 16.5. The first kappa shape index (κ1) is 21.2. The van der Waals surface area contributed by atoms with Crippen LogP contribution in [-0.2, 0) is 14.3 Å². The molecule has 0 heterocycles. The van der Waals surface area contributed by atoms with Crippen molar-refractivity contribution < 1.29 is 23.9 Å². The molecule has 0 aliphatic heterocycles. The second-order valence-corrected chi connectivity index (χ2v) is 6.43. The first-order chi connectivity index (χ1) is 13.3. The Bertz CT molecular complexity index is 885. The van der Waals surface area contributed by atoms with E-state index in [4.69, 9.17) is 16.3 Å². The maximum Gasteiger partial charge on any atom is 0.325 e. The van der Waals surface area contributed by atoms with Crippen LogP contribution in [0.1, 0.15) is 22.8 Å². The number of methoxy groups -OCH3 is 1. The molecule has 0 radical (unpaired) electrons. The van der Waals surface area contributed by atoms with E-state index in [9.17, 15) is 14.4 Å². The summed E-state index contributed by atoms with van der Waals surface area (Å²) in [4.78, 5) is 35.6. The Morgan fingerprint density at radius 3 is 2.61 bits per heavy atom. The minimum Gasteiger partial charge on any atom is -0.479 e. The number of hydrogen-bond acceptors (Lipinski definition) is 5. The first-order valence-electron chi connectivity index (χ1n) is 8.49. The molecular weight excluding hydrogens is 384 g/mol. The van der Waals surface area contributed by atoms with Crippen molar-refractivity contribution in [3.8, 4) is 5.75 Å². The van der Waals surface area contributed by atoms with Crippen molar-refractivity contribution in [2.24, 2.45) is 0 Å². The van der Waals surface area contributed by atoms with E-state index in [0.29, 0.717) is 16.5 Å². The van der Waals surface area contributed by atoms with Crippen molar-refractivity contribution in [1.29, 1.82) is 0 Å². The summed E-state index contributed by atoms with van der Waals surface area (Å²) >= 11 is 6.09. The summed E-state index contributed by atoms with van der Waals surface area (Å²) < 4.78 is 10.1. The van der Waals surface area contributed by atoms with E-state index in [1.165, 1.54) is 13.2 Å². The third-order valence-corrected chi connectivity index (χ3v) is 4.09. The lowest BCUT2D eigenvalue weighted by molar-refractivity contribution is -0.139. The highest BCUT2D eigenvalue weighted by Gasteiger charge is 2.17. The largest absolute Gasteiger partial charge is 0.479 e. The predicted molar refractivity (Wildman–Crippen MR) is 106 cm³/mol. The SMILES string of the molecule is COC(=O)CNC(=O)c1cccc(NC(=O)C(C)Oc2cc(C)ccc2Cl)c1. The lowest BCUT2D eigenvalue weighted by atomic mass is 10.2. The smallest absolute Gasteiger partial charge is 0.325 e. The lowest BCUT2D eigenvalue weighted by Gasteiger charge is -2.16. The Hall–Kier alpha value is -3.06. The molecule has 0 aromatic heterocycles. The van der Waals surface area contributed by atoms with Gasteiger partial charge in [0, 0.05) is 11.3 Å². The number of nitrogens with one attached hydrogen (secondary N) is 2. The molecule has 0 aliphatic carbocycles. The molecule has 2 aromatic carbocycles. The van der Waals surface area contributed by atoms with Crippen molar-refractivity contribution in [3.63, 3.8) is 0 Å². The van der Waals surface area contributed by atoms with E-state index in [0.717, 1.165) is 5.56 Å². The lowest BCUT2D eigenvalue weighted by Crippen LogP contribution is -2.31. The van der Waals surface area contributed by atoms with Gasteiger partial charge in [0.05, 0.1) is 12.1 Å². The summed E-state index contributed by atoms with van der Waals surface area (Å²) in [6.07, 6.45) is -0.809. The van der Waals surface area contributed by atoms with Gasteiger partial charge in [-0.05, 0) is 49.7 Å². The van der Waals surface area contributed by atoms with Crippen LogP contribution in [0.2, 0.25) is 5.02 Å². The number of carbonyl (C=O) groups is 3. The zero-order chi connectivity index (χ0) is 20.7. The maximum atomic E-state index is 12.4. The maximum absolute atomic E-state index is 12.4. The number of esters is 1. The van der Waals surface area contributed by atoms with Gasteiger partial charge in [-0.2, -0.15) is 0 Å². The number of rotatable bonds is 7. The number of halogens is 1. The van der Waals surface area contributed by atoms with E-state index in [-0.39, 0.29) is 12.1 Å². The molecule has 7 nitrogen and oxygen atoms in total. The molecule has 2 rings (SSSR count). The molecule has 2 N–H and O–H groups in total. The highest BCUT2D eigenvalue weighted by atomic mass is 35.5. The van der Waals surface area contributed by atoms with Gasteiger partial charge in [-0.3, -0.25) is 14.4 Å². The molecule has 0 saturated carbocycles. The quantitative estimate of drug-likeness (QED) is 0.692. The highest BCUT2D eigenvalue weighted by molar-refractivity contribution is 6.32. The standard InChI is InChI=1S/C20H21ClN2O5/c1-12-7-8-16(21)17(9-12)28-13(2)19(25)23-15-6-4-5-14(10-15)20(26)22-11-18(24)27-3/h4-10,13H,11H2,1-3H3,(H,22,26)(H,23,25). The van der Waals surface area contributed by atoms with Crippen LogP contribution in [-0.4, -0.2) is 37.5 Å². The number of ether oxygens (including phenoxy) is 2. The third-order valence-electron chi connectivity index (χ3n) is 3.77. The molecule has 8 heteroatoms. The Morgan fingerprint density at radius 1 is 1.14 bits per heavy atom. The summed E-state index contributed by atoms with van der Waals surface area (Å²) in [6, 6.07) is 11.6. The van der Waals surface area contributed by atoms with E-state index in [1.54, 1.807) is 37.3 Å². The van der Waals surface area contributed by atoms with Gasteiger partial charge in [0.2, 0.25) is 0 Å². The van der Waals surface area contributed by atoms with Crippen molar-refractivity contribution in [1.82, 2.24) is 5.32 Å². The molecule has 0 bridgehead atoms. The summed E-state index contributed by atoms with van der Waals surface area (Å²) in [5.74, 6) is -0.999. The van der Waals surface area contributed by atoms with Crippen LogP contribution in [0.5, 0.6) is 5.75 Å². The van der Waals surface area contributed by atoms with Gasteiger partial charge >= 0.3 is 5.97 Å². The summed E-state index contributed by atoms with van der Waals surface area (Å²) in [5, 5.41) is 5.53. The highest BCUT2D eigenvalue weighted by Crippen LogP contribution is 2.26. The van der Waals surface area contributed by atoms with Crippen molar-refractivity contribution in [3.05, 3.63) is 58.6 Å². The molecule has 0 spiro atoms. The topological polar surface area (TPSA) is 93.7 Å². The number of aryl methyl sites for hydroxylation is 1. The number of hydrogen-bond donors (Lipinski definition) is 2. The Labute approximate surface area is 168 Å². The van der Waals surface area contributed by atoms with Gasteiger partial charge in [0.25, 0.3) is 11.8 Å². The van der Waals surface area contributed by atoms with Crippen LogP contribution in [0.25, 0.3) is 0 Å². The molecule has 0 aliphatic rings. The second kappa shape index (κ2) is 9.75. The second-order valence-electron chi connectivity index (χ2n) is 6.02. The fourth-order valence-electron chi connectivity index (χ4n) is 2.25. The minimum absolute atomic E-state index is 0.242.